The Morgan fingerprint density at radius 1 is 1.35 bits per heavy atom. The topological polar surface area (TPSA) is 44.1 Å². The van der Waals surface area contributed by atoms with Crippen LogP contribution < -0.4 is 0 Å². The van der Waals surface area contributed by atoms with E-state index in [9.17, 15) is 18.0 Å². The molecule has 0 N–H and O–H groups in total. The molecule has 23 heavy (non-hydrogen) atoms. The zero-order valence-corrected chi connectivity index (χ0v) is 16.2. The Morgan fingerprint density at radius 2 is 1.96 bits per heavy atom. The van der Waals surface area contributed by atoms with Gasteiger partial charge in [0.1, 0.15) is 15.8 Å². The second-order valence-corrected chi connectivity index (χ2v) is 7.82. The first-order chi connectivity index (χ1) is 10.4. The highest BCUT2D eigenvalue weighted by Crippen LogP contribution is 2.38. The van der Waals surface area contributed by atoms with E-state index in [4.69, 9.17) is 4.74 Å². The summed E-state index contributed by atoms with van der Waals surface area (Å²) in [6.07, 6.45) is -4.56. The van der Waals surface area contributed by atoms with Crippen molar-refractivity contribution in [2.75, 3.05) is 0 Å². The minimum Gasteiger partial charge on any atom is -0.459 e. The molecule has 0 radical (unpaired) electrons. The van der Waals surface area contributed by atoms with Gasteiger partial charge in [0.15, 0.2) is 0 Å². The molecule has 0 aliphatic carbocycles. The summed E-state index contributed by atoms with van der Waals surface area (Å²) in [4.78, 5) is 11.9. The monoisotopic (exact) mass is 504 g/mol. The van der Waals surface area contributed by atoms with Crippen LogP contribution in [0.5, 0.6) is 0 Å². The Kier molecular flexibility index (Phi) is 5.01. The molecule has 1 heterocycles. The number of hydrogen-bond acceptors (Lipinski definition) is 3. The Bertz CT molecular complexity index is 766. The summed E-state index contributed by atoms with van der Waals surface area (Å²) in [5.74, 6) is -0.644. The summed E-state index contributed by atoms with van der Waals surface area (Å²) in [6, 6.07) is 2.52. The number of benzene rings is 1. The molecule has 2 rings (SSSR count). The Balaban J connectivity index is 2.55. The molecule has 2 aromatic rings. The SMILES string of the molecule is CC(C)(C)OC(=O)Cn1nc(I)c2cc(Br)cc(C(F)(F)F)c21. The van der Waals surface area contributed by atoms with Gasteiger partial charge in [0.05, 0.1) is 11.1 Å². The second kappa shape index (κ2) is 6.23. The third-order valence-electron chi connectivity index (χ3n) is 2.77. The van der Waals surface area contributed by atoms with E-state index in [1.54, 1.807) is 26.8 Å². The van der Waals surface area contributed by atoms with Crippen LogP contribution in [0.4, 0.5) is 13.2 Å². The Morgan fingerprint density at radius 3 is 2.48 bits per heavy atom. The maximum absolute atomic E-state index is 13.3. The average Bonchev–Trinajstić information content (AvgIpc) is 2.61. The number of aromatic nitrogens is 2. The van der Waals surface area contributed by atoms with Crippen molar-refractivity contribution in [3.05, 3.63) is 25.9 Å². The van der Waals surface area contributed by atoms with E-state index < -0.39 is 23.3 Å². The number of halogens is 5. The highest BCUT2D eigenvalue weighted by atomic mass is 127. The highest BCUT2D eigenvalue weighted by molar-refractivity contribution is 14.1. The van der Waals surface area contributed by atoms with E-state index in [1.807, 2.05) is 22.6 Å². The van der Waals surface area contributed by atoms with Crippen LogP contribution in [0.3, 0.4) is 0 Å². The molecule has 0 bridgehead atoms. The van der Waals surface area contributed by atoms with E-state index in [0.717, 1.165) is 10.7 Å². The van der Waals surface area contributed by atoms with Gasteiger partial charge in [-0.25, -0.2) is 0 Å². The number of alkyl halides is 3. The minimum absolute atomic E-state index is 0.129. The van der Waals surface area contributed by atoms with Crippen molar-refractivity contribution in [3.8, 4) is 0 Å². The van der Waals surface area contributed by atoms with Crippen LogP contribution in [0.1, 0.15) is 26.3 Å². The van der Waals surface area contributed by atoms with Crippen LogP contribution in [0.25, 0.3) is 10.9 Å². The van der Waals surface area contributed by atoms with E-state index >= 15 is 0 Å². The lowest BCUT2D eigenvalue weighted by atomic mass is 10.1. The van der Waals surface area contributed by atoms with Crippen LogP contribution >= 0.6 is 38.5 Å². The van der Waals surface area contributed by atoms with Gasteiger partial charge in [-0.3, -0.25) is 9.48 Å². The molecule has 0 unspecified atom stereocenters. The summed E-state index contributed by atoms with van der Waals surface area (Å²) in [7, 11) is 0. The van der Waals surface area contributed by atoms with Gasteiger partial charge in [0.25, 0.3) is 0 Å². The first-order valence-electron chi connectivity index (χ1n) is 6.53. The lowest BCUT2D eigenvalue weighted by molar-refractivity contribution is -0.155. The van der Waals surface area contributed by atoms with Crippen LogP contribution in [-0.2, 0) is 22.3 Å². The van der Waals surface area contributed by atoms with Gasteiger partial charge in [-0.1, -0.05) is 15.9 Å². The molecule has 1 aromatic heterocycles. The van der Waals surface area contributed by atoms with E-state index in [2.05, 4.69) is 21.0 Å². The molecule has 126 valence electrons. The van der Waals surface area contributed by atoms with E-state index in [0.29, 0.717) is 13.6 Å². The van der Waals surface area contributed by atoms with Crippen LogP contribution in [0, 0.1) is 3.70 Å². The van der Waals surface area contributed by atoms with Gasteiger partial charge in [-0.2, -0.15) is 18.3 Å². The number of carbonyl (C=O) groups is 1. The number of ether oxygens (including phenoxy) is 1. The second-order valence-electron chi connectivity index (χ2n) is 5.88. The lowest BCUT2D eigenvalue weighted by Gasteiger charge is -2.19. The normalized spacial score (nSPS) is 12.7. The maximum atomic E-state index is 13.3. The summed E-state index contributed by atoms with van der Waals surface area (Å²) in [6.45, 7) is 4.68. The largest absolute Gasteiger partial charge is 0.459 e. The predicted molar refractivity (Wildman–Crippen MR) is 91.0 cm³/mol. The van der Waals surface area contributed by atoms with Crippen molar-refractivity contribution in [1.29, 1.82) is 0 Å². The standard InChI is InChI=1S/C14H13BrF3IN2O2/c1-13(2,3)23-10(22)6-21-11-8(12(19)20-21)4-7(15)5-9(11)14(16,17)18/h4-5H,6H2,1-3H3. The van der Waals surface area contributed by atoms with Crippen molar-refractivity contribution in [2.45, 2.75) is 39.1 Å². The molecule has 4 nitrogen and oxygen atoms in total. The zero-order chi connectivity index (χ0) is 17.6. The number of esters is 1. The predicted octanol–water partition coefficient (Wildman–Crippen LogP) is 4.76. The summed E-state index contributed by atoms with van der Waals surface area (Å²) in [5, 5.41) is 4.39. The van der Waals surface area contributed by atoms with Crippen LogP contribution in [0.2, 0.25) is 0 Å². The first kappa shape index (κ1) is 18.5. The molecule has 1 aromatic carbocycles. The maximum Gasteiger partial charge on any atom is 0.418 e. The average molecular weight is 505 g/mol. The molecule has 0 saturated carbocycles. The Hall–Kier alpha value is -0.840. The molecular weight excluding hydrogens is 492 g/mol. The molecule has 0 spiro atoms. The fourth-order valence-electron chi connectivity index (χ4n) is 2.07. The van der Waals surface area contributed by atoms with Gasteiger partial charge >= 0.3 is 12.1 Å². The van der Waals surface area contributed by atoms with E-state index in [-0.39, 0.29) is 12.1 Å². The fraction of sp³-hybridized carbons (Fsp3) is 0.429. The van der Waals surface area contributed by atoms with Gasteiger partial charge in [0, 0.05) is 9.86 Å². The van der Waals surface area contributed by atoms with Gasteiger partial charge in [-0.05, 0) is 55.5 Å². The number of fused-ring (bicyclic) bond motifs is 1. The number of hydrogen-bond donors (Lipinski definition) is 0. The number of carbonyl (C=O) groups excluding carboxylic acids is 1. The number of nitrogens with zero attached hydrogens (tertiary/aromatic N) is 2. The molecule has 0 aliphatic rings. The van der Waals surface area contributed by atoms with Crippen molar-refractivity contribution in [1.82, 2.24) is 9.78 Å². The first-order valence-corrected chi connectivity index (χ1v) is 8.40. The van der Waals surface area contributed by atoms with Gasteiger partial charge < -0.3 is 4.74 Å². The molecule has 0 atom stereocenters. The van der Waals surface area contributed by atoms with Gasteiger partial charge in [0.2, 0.25) is 0 Å². The van der Waals surface area contributed by atoms with Crippen molar-refractivity contribution >= 4 is 55.4 Å². The zero-order valence-electron chi connectivity index (χ0n) is 12.5. The third-order valence-corrected chi connectivity index (χ3v) is 4.02. The quantitative estimate of drug-likeness (QED) is 0.437. The summed E-state index contributed by atoms with van der Waals surface area (Å²) < 4.78 is 46.8. The Labute approximate surface area is 152 Å². The fourth-order valence-corrected chi connectivity index (χ4v) is 3.20. The van der Waals surface area contributed by atoms with Crippen molar-refractivity contribution < 1.29 is 22.7 Å². The molecule has 0 fully saturated rings. The smallest absolute Gasteiger partial charge is 0.418 e. The lowest BCUT2D eigenvalue weighted by Crippen LogP contribution is -2.27. The van der Waals surface area contributed by atoms with Crippen LogP contribution in [0.15, 0.2) is 16.6 Å². The molecule has 9 heteroatoms. The minimum atomic E-state index is -4.56. The van der Waals surface area contributed by atoms with Gasteiger partial charge in [-0.15, -0.1) is 0 Å². The van der Waals surface area contributed by atoms with E-state index in [1.165, 1.54) is 0 Å². The summed E-state index contributed by atoms with van der Waals surface area (Å²) in [5.41, 5.74) is -1.69. The number of rotatable bonds is 2. The highest BCUT2D eigenvalue weighted by Gasteiger charge is 2.35. The molecule has 0 aliphatic heterocycles. The molecule has 0 amide bonds. The third kappa shape index (κ3) is 4.37. The van der Waals surface area contributed by atoms with Crippen molar-refractivity contribution in [3.63, 3.8) is 0 Å². The molecular formula is C14H13BrF3IN2O2. The molecule has 0 saturated heterocycles. The van der Waals surface area contributed by atoms with Crippen molar-refractivity contribution in [2.24, 2.45) is 0 Å². The van der Waals surface area contributed by atoms with Crippen LogP contribution in [-0.4, -0.2) is 21.4 Å². The summed E-state index contributed by atoms with van der Waals surface area (Å²) >= 11 is 4.92.